The Morgan fingerprint density at radius 2 is 1.73 bits per heavy atom. The van der Waals surface area contributed by atoms with Crippen molar-refractivity contribution in [2.45, 2.75) is 6.18 Å². The van der Waals surface area contributed by atoms with E-state index in [0.717, 1.165) is 16.6 Å². The molecule has 0 saturated carbocycles. The molecule has 0 amide bonds. The van der Waals surface area contributed by atoms with Gasteiger partial charge in [-0.1, -0.05) is 35.3 Å². The van der Waals surface area contributed by atoms with Crippen LogP contribution < -0.4 is 5.32 Å². The van der Waals surface area contributed by atoms with E-state index in [1.807, 2.05) is 0 Å². The molecule has 1 aromatic heterocycles. The maximum atomic E-state index is 12.9. The van der Waals surface area contributed by atoms with Crippen LogP contribution in [0, 0.1) is 0 Å². The van der Waals surface area contributed by atoms with Crippen LogP contribution in [-0.2, 0) is 6.18 Å². The van der Waals surface area contributed by atoms with Crippen molar-refractivity contribution >= 4 is 50.6 Å². The fourth-order valence-electron chi connectivity index (χ4n) is 2.17. The molecular weight excluding hydrogens is 454 g/mol. The number of anilines is 2. The largest absolute Gasteiger partial charge is 0.416 e. The molecule has 9 heteroatoms. The Morgan fingerprint density at radius 3 is 2.42 bits per heavy atom. The fourth-order valence-corrected chi connectivity index (χ4v) is 2.78. The molecule has 1 heterocycles. The first-order valence-corrected chi connectivity index (χ1v) is 8.71. The summed E-state index contributed by atoms with van der Waals surface area (Å²) in [7, 11) is 0. The molecule has 3 nitrogen and oxygen atoms in total. The second kappa shape index (κ2) is 7.42. The maximum absolute atomic E-state index is 12.9. The van der Waals surface area contributed by atoms with Crippen LogP contribution in [0.1, 0.15) is 5.56 Å². The lowest BCUT2D eigenvalue weighted by Gasteiger charge is -2.11. The summed E-state index contributed by atoms with van der Waals surface area (Å²) in [6.07, 6.45) is -4.45. The molecule has 0 fully saturated rings. The molecule has 2 aromatic carbocycles. The molecule has 0 aliphatic rings. The summed E-state index contributed by atoms with van der Waals surface area (Å²) in [6, 6.07) is 11.4. The van der Waals surface area contributed by atoms with E-state index in [-0.39, 0.29) is 16.5 Å². The predicted octanol–water partition coefficient (Wildman–Crippen LogP) is 6.98. The summed E-state index contributed by atoms with van der Waals surface area (Å²) in [6.45, 7) is 0. The minimum Gasteiger partial charge on any atom is -0.340 e. The Bertz CT molecular complexity index is 964. The highest BCUT2D eigenvalue weighted by Gasteiger charge is 2.30. The molecule has 0 saturated heterocycles. The van der Waals surface area contributed by atoms with Crippen LogP contribution in [0.3, 0.4) is 0 Å². The van der Waals surface area contributed by atoms with Crippen molar-refractivity contribution in [3.05, 3.63) is 68.7 Å². The van der Waals surface area contributed by atoms with Gasteiger partial charge in [0.05, 0.1) is 10.6 Å². The Hall–Kier alpha value is -1.83. The third-order valence-electron chi connectivity index (χ3n) is 3.33. The summed E-state index contributed by atoms with van der Waals surface area (Å²) in [5.74, 6) is 0.408. The normalized spacial score (nSPS) is 11.5. The lowest BCUT2D eigenvalue weighted by Crippen LogP contribution is -2.05. The first-order chi connectivity index (χ1) is 12.2. The first-order valence-electron chi connectivity index (χ1n) is 7.17. The van der Waals surface area contributed by atoms with Crippen molar-refractivity contribution in [2.24, 2.45) is 0 Å². The molecule has 134 valence electrons. The van der Waals surface area contributed by atoms with E-state index in [2.05, 4.69) is 31.2 Å². The summed E-state index contributed by atoms with van der Waals surface area (Å²) in [5.41, 5.74) is 0.0648. The van der Waals surface area contributed by atoms with E-state index in [1.54, 1.807) is 18.2 Å². The van der Waals surface area contributed by atoms with Gasteiger partial charge in [-0.2, -0.15) is 13.2 Å². The molecule has 0 radical (unpaired) electrons. The van der Waals surface area contributed by atoms with Gasteiger partial charge in [0.15, 0.2) is 5.82 Å². The van der Waals surface area contributed by atoms with Gasteiger partial charge in [-0.3, -0.25) is 0 Å². The van der Waals surface area contributed by atoms with Gasteiger partial charge in [0, 0.05) is 21.8 Å². The molecule has 3 aromatic rings. The van der Waals surface area contributed by atoms with E-state index < -0.39 is 11.7 Å². The summed E-state index contributed by atoms with van der Waals surface area (Å²) in [4.78, 5) is 8.26. The zero-order valence-corrected chi connectivity index (χ0v) is 15.9. The SMILES string of the molecule is FC(F)(F)c1cccc(-c2nc(Cl)cc(Nc3ccc(Br)c(Cl)c3)n2)c1. The Balaban J connectivity index is 1.96. The van der Waals surface area contributed by atoms with Gasteiger partial charge in [0.25, 0.3) is 0 Å². The van der Waals surface area contributed by atoms with E-state index in [4.69, 9.17) is 23.2 Å². The van der Waals surface area contributed by atoms with Gasteiger partial charge in [0.1, 0.15) is 11.0 Å². The lowest BCUT2D eigenvalue weighted by atomic mass is 10.1. The number of alkyl halides is 3. The molecule has 0 bridgehead atoms. The average Bonchev–Trinajstić information content (AvgIpc) is 2.57. The second-order valence-corrected chi connectivity index (χ2v) is 6.88. The molecule has 0 spiro atoms. The number of hydrogen-bond acceptors (Lipinski definition) is 3. The third kappa shape index (κ3) is 4.47. The minimum atomic E-state index is -4.45. The van der Waals surface area contributed by atoms with Crippen LogP contribution >= 0.6 is 39.1 Å². The highest BCUT2D eigenvalue weighted by molar-refractivity contribution is 9.10. The minimum absolute atomic E-state index is 0.0781. The van der Waals surface area contributed by atoms with Crippen molar-refractivity contribution < 1.29 is 13.2 Å². The Kier molecular flexibility index (Phi) is 5.41. The molecule has 3 rings (SSSR count). The molecule has 0 atom stereocenters. The summed E-state index contributed by atoms with van der Waals surface area (Å²) < 4.78 is 39.4. The molecular formula is C17H9BrCl2F3N3. The molecule has 26 heavy (non-hydrogen) atoms. The quantitative estimate of drug-likeness (QED) is 0.427. The topological polar surface area (TPSA) is 37.8 Å². The zero-order valence-electron chi connectivity index (χ0n) is 12.8. The van der Waals surface area contributed by atoms with Crippen LogP contribution in [0.2, 0.25) is 10.2 Å². The van der Waals surface area contributed by atoms with Gasteiger partial charge >= 0.3 is 6.18 Å². The highest BCUT2D eigenvalue weighted by Crippen LogP contribution is 2.32. The predicted molar refractivity (Wildman–Crippen MR) is 99.9 cm³/mol. The van der Waals surface area contributed by atoms with Gasteiger partial charge in [-0.25, -0.2) is 9.97 Å². The molecule has 0 aliphatic heterocycles. The smallest absolute Gasteiger partial charge is 0.340 e. The van der Waals surface area contributed by atoms with Crippen molar-refractivity contribution in [3.63, 3.8) is 0 Å². The maximum Gasteiger partial charge on any atom is 0.416 e. The second-order valence-electron chi connectivity index (χ2n) is 5.23. The van der Waals surface area contributed by atoms with Gasteiger partial charge < -0.3 is 5.32 Å². The highest BCUT2D eigenvalue weighted by atomic mass is 79.9. The van der Waals surface area contributed by atoms with Crippen molar-refractivity contribution in [3.8, 4) is 11.4 Å². The van der Waals surface area contributed by atoms with Crippen molar-refractivity contribution in [1.29, 1.82) is 0 Å². The molecule has 0 unspecified atom stereocenters. The molecule has 0 aliphatic carbocycles. The van der Waals surface area contributed by atoms with Crippen LogP contribution in [0.25, 0.3) is 11.4 Å². The number of benzene rings is 2. The zero-order chi connectivity index (χ0) is 18.9. The number of nitrogens with one attached hydrogen (secondary N) is 1. The molecule has 1 N–H and O–H groups in total. The van der Waals surface area contributed by atoms with E-state index >= 15 is 0 Å². The number of nitrogens with zero attached hydrogens (tertiary/aromatic N) is 2. The average molecular weight is 463 g/mol. The Morgan fingerprint density at radius 1 is 0.962 bits per heavy atom. The fraction of sp³-hybridized carbons (Fsp3) is 0.0588. The monoisotopic (exact) mass is 461 g/mol. The van der Waals surface area contributed by atoms with Gasteiger partial charge in [0.2, 0.25) is 0 Å². The van der Waals surface area contributed by atoms with Crippen LogP contribution in [0.5, 0.6) is 0 Å². The van der Waals surface area contributed by atoms with E-state index in [9.17, 15) is 13.2 Å². The van der Waals surface area contributed by atoms with Gasteiger partial charge in [-0.05, 0) is 46.3 Å². The summed E-state index contributed by atoms with van der Waals surface area (Å²) in [5, 5.41) is 3.59. The van der Waals surface area contributed by atoms with Crippen LogP contribution in [0.4, 0.5) is 24.7 Å². The number of hydrogen-bond donors (Lipinski definition) is 1. The van der Waals surface area contributed by atoms with Crippen LogP contribution in [0.15, 0.2) is 53.0 Å². The van der Waals surface area contributed by atoms with Crippen LogP contribution in [-0.4, -0.2) is 9.97 Å². The Labute approximate surface area is 165 Å². The van der Waals surface area contributed by atoms with Gasteiger partial charge in [-0.15, -0.1) is 0 Å². The number of halogens is 6. The van der Waals surface area contributed by atoms with Crippen molar-refractivity contribution in [1.82, 2.24) is 9.97 Å². The van der Waals surface area contributed by atoms with E-state index in [0.29, 0.717) is 16.5 Å². The number of rotatable bonds is 3. The third-order valence-corrected chi connectivity index (χ3v) is 4.76. The standard InChI is InChI=1S/C17H9BrCl2F3N3/c18-12-5-4-11(7-13(12)19)24-15-8-14(20)25-16(26-15)9-2-1-3-10(6-9)17(21,22)23/h1-8H,(H,24,25,26). The summed E-state index contributed by atoms with van der Waals surface area (Å²) >= 11 is 15.3. The van der Waals surface area contributed by atoms with Crippen molar-refractivity contribution in [2.75, 3.05) is 5.32 Å². The van der Waals surface area contributed by atoms with E-state index in [1.165, 1.54) is 18.2 Å². The first kappa shape index (κ1) is 18.9. The number of aromatic nitrogens is 2. The lowest BCUT2D eigenvalue weighted by molar-refractivity contribution is -0.137.